The Hall–Kier alpha value is -1.26. The quantitative estimate of drug-likeness (QED) is 0.857. The lowest BCUT2D eigenvalue weighted by Crippen LogP contribution is -2.19. The lowest BCUT2D eigenvalue weighted by Gasteiger charge is -2.18. The van der Waals surface area contributed by atoms with Crippen LogP contribution in [-0.4, -0.2) is 13.6 Å². The minimum Gasteiger partial charge on any atom is -0.319 e. The highest BCUT2D eigenvalue weighted by Crippen LogP contribution is 2.24. The van der Waals surface area contributed by atoms with Crippen LogP contribution >= 0.6 is 15.9 Å². The molecule has 0 bridgehead atoms. The number of benzene rings is 2. The first-order valence-electron chi connectivity index (χ1n) is 6.44. The third-order valence-corrected chi connectivity index (χ3v) is 3.80. The minimum atomic E-state index is -0.542. The molecule has 0 amide bonds. The Kier molecular flexibility index (Phi) is 5.26. The fourth-order valence-electron chi connectivity index (χ4n) is 2.24. The molecule has 0 spiro atoms. The summed E-state index contributed by atoms with van der Waals surface area (Å²) in [4.78, 5) is 0. The zero-order chi connectivity index (χ0) is 14.5. The molecule has 0 aliphatic rings. The summed E-state index contributed by atoms with van der Waals surface area (Å²) in [5, 5.41) is 3.12. The van der Waals surface area contributed by atoms with Crippen molar-refractivity contribution in [3.05, 3.63) is 69.7 Å². The molecule has 0 saturated carbocycles. The first-order chi connectivity index (χ1) is 9.60. The molecule has 4 heteroatoms. The number of hydrogen-bond acceptors (Lipinski definition) is 1. The van der Waals surface area contributed by atoms with Gasteiger partial charge in [-0.15, -0.1) is 0 Å². The van der Waals surface area contributed by atoms with Crippen molar-refractivity contribution in [2.24, 2.45) is 0 Å². The van der Waals surface area contributed by atoms with Gasteiger partial charge in [0.2, 0.25) is 0 Å². The van der Waals surface area contributed by atoms with Gasteiger partial charge >= 0.3 is 0 Å². The molecule has 1 atom stereocenters. The van der Waals surface area contributed by atoms with Crippen molar-refractivity contribution in [3.63, 3.8) is 0 Å². The molecule has 0 aliphatic heterocycles. The SMILES string of the molecule is CNCC(Cc1ccc(F)cc1F)c1ccc(Br)cc1. The van der Waals surface area contributed by atoms with Crippen molar-refractivity contribution < 1.29 is 8.78 Å². The second kappa shape index (κ2) is 6.95. The maximum Gasteiger partial charge on any atom is 0.129 e. The number of hydrogen-bond donors (Lipinski definition) is 1. The summed E-state index contributed by atoms with van der Waals surface area (Å²) in [7, 11) is 1.87. The lowest BCUT2D eigenvalue weighted by molar-refractivity contribution is 0.554. The summed E-state index contributed by atoms with van der Waals surface area (Å²) in [5.74, 6) is -0.878. The largest absolute Gasteiger partial charge is 0.319 e. The van der Waals surface area contributed by atoms with Crippen LogP contribution in [0.2, 0.25) is 0 Å². The summed E-state index contributed by atoms with van der Waals surface area (Å²) in [6, 6.07) is 11.7. The third-order valence-electron chi connectivity index (χ3n) is 3.27. The molecule has 20 heavy (non-hydrogen) atoms. The Morgan fingerprint density at radius 1 is 1.10 bits per heavy atom. The van der Waals surface area contributed by atoms with E-state index < -0.39 is 11.6 Å². The zero-order valence-electron chi connectivity index (χ0n) is 11.2. The average Bonchev–Trinajstić information content (AvgIpc) is 2.42. The average molecular weight is 340 g/mol. The van der Waals surface area contributed by atoms with Crippen molar-refractivity contribution in [2.75, 3.05) is 13.6 Å². The molecule has 1 N–H and O–H groups in total. The smallest absolute Gasteiger partial charge is 0.129 e. The van der Waals surface area contributed by atoms with Gasteiger partial charge in [0.15, 0.2) is 0 Å². The molecule has 0 radical (unpaired) electrons. The van der Waals surface area contributed by atoms with Crippen LogP contribution in [0.15, 0.2) is 46.9 Å². The summed E-state index contributed by atoms with van der Waals surface area (Å²) >= 11 is 3.40. The Balaban J connectivity index is 2.22. The van der Waals surface area contributed by atoms with Crippen LogP contribution in [0.1, 0.15) is 17.0 Å². The van der Waals surface area contributed by atoms with Gasteiger partial charge in [-0.1, -0.05) is 34.1 Å². The summed E-state index contributed by atoms with van der Waals surface area (Å²) in [6.45, 7) is 0.735. The van der Waals surface area contributed by atoms with Crippen molar-refractivity contribution >= 4 is 15.9 Å². The minimum absolute atomic E-state index is 0.146. The van der Waals surface area contributed by atoms with Crippen molar-refractivity contribution in [3.8, 4) is 0 Å². The highest BCUT2D eigenvalue weighted by molar-refractivity contribution is 9.10. The van der Waals surface area contributed by atoms with Gasteiger partial charge in [0, 0.05) is 23.0 Å². The first kappa shape index (κ1) is 15.1. The number of halogens is 3. The fraction of sp³-hybridized carbons (Fsp3) is 0.250. The van der Waals surface area contributed by atoms with Gasteiger partial charge in [-0.2, -0.15) is 0 Å². The molecule has 0 fully saturated rings. The molecule has 2 aromatic carbocycles. The monoisotopic (exact) mass is 339 g/mol. The van der Waals surface area contributed by atoms with E-state index in [-0.39, 0.29) is 5.92 Å². The topological polar surface area (TPSA) is 12.0 Å². The van der Waals surface area contributed by atoms with E-state index in [9.17, 15) is 8.78 Å². The van der Waals surface area contributed by atoms with Gasteiger partial charge in [-0.3, -0.25) is 0 Å². The third kappa shape index (κ3) is 3.87. The highest BCUT2D eigenvalue weighted by atomic mass is 79.9. The van der Waals surface area contributed by atoms with Crippen LogP contribution in [0.4, 0.5) is 8.78 Å². The van der Waals surface area contributed by atoms with Gasteiger partial charge in [0.05, 0.1) is 0 Å². The molecule has 106 valence electrons. The van der Waals surface area contributed by atoms with Gasteiger partial charge in [0.1, 0.15) is 11.6 Å². The van der Waals surface area contributed by atoms with E-state index in [1.54, 1.807) is 0 Å². The van der Waals surface area contributed by atoms with E-state index in [0.29, 0.717) is 12.0 Å². The fourth-order valence-corrected chi connectivity index (χ4v) is 2.51. The predicted molar refractivity (Wildman–Crippen MR) is 80.9 cm³/mol. The Morgan fingerprint density at radius 3 is 2.40 bits per heavy atom. The summed E-state index contributed by atoms with van der Waals surface area (Å²) in [6.07, 6.45) is 0.536. The first-order valence-corrected chi connectivity index (χ1v) is 7.23. The van der Waals surface area contributed by atoms with E-state index in [1.807, 2.05) is 31.3 Å². The van der Waals surface area contributed by atoms with Gasteiger partial charge in [-0.25, -0.2) is 8.78 Å². The maximum atomic E-state index is 13.8. The lowest BCUT2D eigenvalue weighted by atomic mass is 9.91. The second-order valence-corrected chi connectivity index (χ2v) is 5.66. The van der Waals surface area contributed by atoms with E-state index in [2.05, 4.69) is 21.2 Å². The highest BCUT2D eigenvalue weighted by Gasteiger charge is 2.14. The van der Waals surface area contributed by atoms with Crippen molar-refractivity contribution in [1.29, 1.82) is 0 Å². The normalized spacial score (nSPS) is 12.4. The standard InChI is InChI=1S/C16H16BrF2N/c1-20-10-13(11-2-5-14(17)6-3-11)8-12-4-7-15(18)9-16(12)19/h2-7,9,13,20H,8,10H2,1H3. The molecule has 0 aromatic heterocycles. The predicted octanol–water partition coefficient (Wildman–Crippen LogP) is 4.27. The van der Waals surface area contributed by atoms with Crippen LogP contribution in [0.25, 0.3) is 0 Å². The Bertz CT molecular complexity index is 569. The number of nitrogens with one attached hydrogen (secondary N) is 1. The molecular weight excluding hydrogens is 324 g/mol. The molecule has 0 saturated heterocycles. The summed E-state index contributed by atoms with van der Waals surface area (Å²) < 4.78 is 27.7. The summed E-state index contributed by atoms with van der Waals surface area (Å²) in [5.41, 5.74) is 1.67. The zero-order valence-corrected chi connectivity index (χ0v) is 12.8. The van der Waals surface area contributed by atoms with Crippen LogP contribution in [0, 0.1) is 11.6 Å². The van der Waals surface area contributed by atoms with E-state index in [0.717, 1.165) is 22.6 Å². The Morgan fingerprint density at radius 2 is 1.80 bits per heavy atom. The van der Waals surface area contributed by atoms with Gasteiger partial charge < -0.3 is 5.32 Å². The van der Waals surface area contributed by atoms with Gasteiger partial charge in [-0.05, 0) is 42.8 Å². The molecule has 0 heterocycles. The molecule has 1 nitrogen and oxygen atoms in total. The van der Waals surface area contributed by atoms with Gasteiger partial charge in [0.25, 0.3) is 0 Å². The number of rotatable bonds is 5. The van der Waals surface area contributed by atoms with E-state index >= 15 is 0 Å². The van der Waals surface area contributed by atoms with E-state index in [1.165, 1.54) is 12.1 Å². The van der Waals surface area contributed by atoms with Crippen LogP contribution in [0.5, 0.6) is 0 Å². The van der Waals surface area contributed by atoms with Crippen LogP contribution in [0.3, 0.4) is 0 Å². The van der Waals surface area contributed by atoms with Crippen molar-refractivity contribution in [1.82, 2.24) is 5.32 Å². The van der Waals surface area contributed by atoms with Crippen molar-refractivity contribution in [2.45, 2.75) is 12.3 Å². The molecule has 2 aromatic rings. The molecular formula is C16H16BrF2N. The molecule has 2 rings (SSSR count). The van der Waals surface area contributed by atoms with Crippen LogP contribution in [-0.2, 0) is 6.42 Å². The molecule has 0 aliphatic carbocycles. The second-order valence-electron chi connectivity index (χ2n) is 4.75. The number of likely N-dealkylation sites (N-methyl/N-ethyl adjacent to an activating group) is 1. The Labute approximate surface area is 126 Å². The molecule has 1 unspecified atom stereocenters. The van der Waals surface area contributed by atoms with E-state index in [4.69, 9.17) is 0 Å². The maximum absolute atomic E-state index is 13.8. The van der Waals surface area contributed by atoms with Crippen LogP contribution < -0.4 is 5.32 Å².